The Morgan fingerprint density at radius 1 is 1.69 bits per heavy atom. The number of anilines is 1. The highest BCUT2D eigenvalue weighted by atomic mass is 32.1. The molecule has 0 aromatic carbocycles. The molecule has 0 saturated heterocycles. The zero-order chi connectivity index (χ0) is 11.5. The second-order valence-electron chi connectivity index (χ2n) is 3.54. The second-order valence-corrected chi connectivity index (χ2v) is 4.66. The molecule has 1 aliphatic carbocycles. The Kier molecular flexibility index (Phi) is 3.28. The molecule has 0 aliphatic heterocycles. The lowest BCUT2D eigenvalue weighted by Gasteiger charge is -2.20. The normalized spacial score (nSPS) is 18.9. The third-order valence-corrected chi connectivity index (χ3v) is 3.38. The fourth-order valence-corrected chi connectivity index (χ4v) is 2.71. The first-order valence-electron chi connectivity index (χ1n) is 5.29. The van der Waals surface area contributed by atoms with Gasteiger partial charge in [0, 0.05) is 4.88 Å². The number of fused-ring (bicyclic) bond motifs is 1. The van der Waals surface area contributed by atoms with Crippen molar-refractivity contribution in [1.29, 1.82) is 0 Å². The summed E-state index contributed by atoms with van der Waals surface area (Å²) in [5.41, 5.74) is 6.45. The van der Waals surface area contributed by atoms with Crippen molar-refractivity contribution in [2.75, 3.05) is 12.3 Å². The number of nitrogen functional groups attached to an aromatic ring is 1. The number of carbonyl (C=O) groups excluding carboxylic acids is 1. The van der Waals surface area contributed by atoms with Crippen LogP contribution in [0.1, 0.15) is 36.4 Å². The molecule has 1 unspecified atom stereocenters. The number of aromatic nitrogens is 1. The van der Waals surface area contributed by atoms with Crippen LogP contribution in [0, 0.1) is 0 Å². The van der Waals surface area contributed by atoms with Crippen molar-refractivity contribution in [3.8, 4) is 0 Å². The van der Waals surface area contributed by atoms with Gasteiger partial charge in [0.1, 0.15) is 6.10 Å². The van der Waals surface area contributed by atoms with Gasteiger partial charge in [0.2, 0.25) is 0 Å². The highest BCUT2D eigenvalue weighted by Crippen LogP contribution is 2.36. The Morgan fingerprint density at radius 3 is 3.25 bits per heavy atom. The van der Waals surface area contributed by atoms with Gasteiger partial charge in [-0.05, 0) is 26.2 Å². The van der Waals surface area contributed by atoms with Crippen LogP contribution in [0.2, 0.25) is 0 Å². The summed E-state index contributed by atoms with van der Waals surface area (Å²) in [6.07, 6.45) is 1.81. The Morgan fingerprint density at radius 2 is 2.50 bits per heavy atom. The van der Waals surface area contributed by atoms with E-state index in [1.165, 1.54) is 11.3 Å². The summed E-state index contributed by atoms with van der Waals surface area (Å²) in [5, 5.41) is 0.532. The summed E-state index contributed by atoms with van der Waals surface area (Å²) in [5.74, 6) is 0. The summed E-state index contributed by atoms with van der Waals surface area (Å²) in [6.45, 7) is 2.06. The van der Waals surface area contributed by atoms with Gasteiger partial charge in [-0.2, -0.15) is 0 Å². The zero-order valence-corrected chi connectivity index (χ0v) is 9.88. The lowest BCUT2D eigenvalue weighted by molar-refractivity contribution is 0.0187. The molecule has 1 aromatic heterocycles. The van der Waals surface area contributed by atoms with Crippen LogP contribution in [-0.4, -0.2) is 17.7 Å². The van der Waals surface area contributed by atoms with Crippen LogP contribution in [0.3, 0.4) is 0 Å². The van der Waals surface area contributed by atoms with E-state index in [1.54, 1.807) is 6.92 Å². The van der Waals surface area contributed by atoms with Gasteiger partial charge in [-0.1, -0.05) is 0 Å². The van der Waals surface area contributed by atoms with E-state index in [2.05, 4.69) is 4.98 Å². The average molecular weight is 242 g/mol. The minimum Gasteiger partial charge on any atom is -0.435 e. The minimum absolute atomic E-state index is 0.295. The number of nitrogens with two attached hydrogens (primary N) is 1. The van der Waals surface area contributed by atoms with E-state index in [9.17, 15) is 4.79 Å². The maximum atomic E-state index is 11.2. The first kappa shape index (κ1) is 11.2. The first-order chi connectivity index (χ1) is 7.70. The number of ether oxygens (including phenoxy) is 2. The molecule has 6 heteroatoms. The van der Waals surface area contributed by atoms with Gasteiger partial charge in [-0.3, -0.25) is 0 Å². The number of carbonyl (C=O) groups is 1. The molecule has 88 valence electrons. The molecule has 0 bridgehead atoms. The zero-order valence-electron chi connectivity index (χ0n) is 9.06. The van der Waals surface area contributed by atoms with Crippen LogP contribution in [0.25, 0.3) is 0 Å². The molecule has 0 radical (unpaired) electrons. The van der Waals surface area contributed by atoms with E-state index in [-0.39, 0.29) is 6.10 Å². The van der Waals surface area contributed by atoms with E-state index in [4.69, 9.17) is 15.2 Å². The summed E-state index contributed by atoms with van der Waals surface area (Å²) < 4.78 is 9.95. The minimum atomic E-state index is -0.632. The SMILES string of the molecule is CCOC(=O)OC1CCCc2sc(N)nc21. The molecule has 0 spiro atoms. The van der Waals surface area contributed by atoms with Gasteiger partial charge in [0.15, 0.2) is 5.13 Å². The van der Waals surface area contributed by atoms with Gasteiger partial charge in [-0.25, -0.2) is 9.78 Å². The van der Waals surface area contributed by atoms with Crippen molar-refractivity contribution in [3.63, 3.8) is 0 Å². The van der Waals surface area contributed by atoms with E-state index in [0.29, 0.717) is 11.7 Å². The molecule has 0 fully saturated rings. The summed E-state index contributed by atoms with van der Waals surface area (Å²) >= 11 is 1.47. The first-order valence-corrected chi connectivity index (χ1v) is 6.10. The van der Waals surface area contributed by atoms with Crippen LogP contribution in [0.4, 0.5) is 9.93 Å². The number of rotatable bonds is 2. The van der Waals surface area contributed by atoms with E-state index >= 15 is 0 Å². The maximum absolute atomic E-state index is 11.2. The second kappa shape index (κ2) is 4.69. The molecule has 0 amide bonds. The summed E-state index contributed by atoms with van der Waals surface area (Å²) in [7, 11) is 0. The number of aryl methyl sites for hydroxylation is 1. The monoisotopic (exact) mass is 242 g/mol. The molecular weight excluding hydrogens is 228 g/mol. The quantitative estimate of drug-likeness (QED) is 0.805. The van der Waals surface area contributed by atoms with Crippen LogP contribution in [0.15, 0.2) is 0 Å². The number of nitrogens with zero attached hydrogens (tertiary/aromatic N) is 1. The molecule has 2 N–H and O–H groups in total. The van der Waals surface area contributed by atoms with Crippen molar-refractivity contribution < 1.29 is 14.3 Å². The Hall–Kier alpha value is -1.30. The van der Waals surface area contributed by atoms with E-state index < -0.39 is 6.16 Å². The van der Waals surface area contributed by atoms with Gasteiger partial charge < -0.3 is 15.2 Å². The molecule has 0 saturated carbocycles. The van der Waals surface area contributed by atoms with Crippen molar-refractivity contribution in [1.82, 2.24) is 4.98 Å². The van der Waals surface area contributed by atoms with Gasteiger partial charge in [0.25, 0.3) is 0 Å². The van der Waals surface area contributed by atoms with Crippen molar-refractivity contribution in [3.05, 3.63) is 10.6 Å². The highest BCUT2D eigenvalue weighted by Gasteiger charge is 2.27. The maximum Gasteiger partial charge on any atom is 0.508 e. The standard InChI is InChI=1S/C10H14N2O3S/c1-2-14-10(13)15-6-4-3-5-7-8(6)12-9(11)16-7/h6H,2-5H2,1H3,(H2,11,12). The topological polar surface area (TPSA) is 74.4 Å². The van der Waals surface area contributed by atoms with E-state index in [1.807, 2.05) is 0 Å². The molecule has 16 heavy (non-hydrogen) atoms. The van der Waals surface area contributed by atoms with Crippen molar-refractivity contribution >= 4 is 22.6 Å². The third-order valence-electron chi connectivity index (χ3n) is 2.42. The predicted octanol–water partition coefficient (Wildman–Crippen LogP) is 2.28. The van der Waals surface area contributed by atoms with Gasteiger partial charge >= 0.3 is 6.16 Å². The molecule has 2 rings (SSSR count). The summed E-state index contributed by atoms with van der Waals surface area (Å²) in [4.78, 5) is 16.6. The van der Waals surface area contributed by atoms with Gasteiger partial charge in [0.05, 0.1) is 12.3 Å². The Bertz CT molecular complexity index is 391. The van der Waals surface area contributed by atoms with Crippen LogP contribution in [-0.2, 0) is 15.9 Å². The number of thiazole rings is 1. The fraction of sp³-hybridized carbons (Fsp3) is 0.600. The Labute approximate surface area is 97.6 Å². The van der Waals surface area contributed by atoms with Crippen molar-refractivity contribution in [2.24, 2.45) is 0 Å². The van der Waals surface area contributed by atoms with Crippen molar-refractivity contribution in [2.45, 2.75) is 32.3 Å². The number of hydrogen-bond donors (Lipinski definition) is 1. The van der Waals surface area contributed by atoms with Gasteiger partial charge in [-0.15, -0.1) is 11.3 Å². The summed E-state index contributed by atoms with van der Waals surface area (Å²) in [6, 6.07) is 0. The average Bonchev–Trinajstić information content (AvgIpc) is 2.60. The largest absolute Gasteiger partial charge is 0.508 e. The lowest BCUT2D eigenvalue weighted by Crippen LogP contribution is -2.17. The molecular formula is C10H14N2O3S. The molecule has 1 atom stereocenters. The van der Waals surface area contributed by atoms with Crippen LogP contribution in [0.5, 0.6) is 0 Å². The Balaban J connectivity index is 2.09. The smallest absolute Gasteiger partial charge is 0.435 e. The molecule has 1 aliphatic rings. The van der Waals surface area contributed by atoms with Crippen LogP contribution >= 0.6 is 11.3 Å². The van der Waals surface area contributed by atoms with E-state index in [0.717, 1.165) is 29.8 Å². The highest BCUT2D eigenvalue weighted by molar-refractivity contribution is 7.15. The lowest BCUT2D eigenvalue weighted by atomic mass is 10.0. The molecule has 1 aromatic rings. The predicted molar refractivity (Wildman–Crippen MR) is 60.3 cm³/mol. The molecule has 5 nitrogen and oxygen atoms in total. The fourth-order valence-electron chi connectivity index (χ4n) is 1.78. The molecule has 1 heterocycles. The van der Waals surface area contributed by atoms with Crippen LogP contribution < -0.4 is 5.73 Å². The number of hydrogen-bond acceptors (Lipinski definition) is 6. The third kappa shape index (κ3) is 2.27.